The van der Waals surface area contributed by atoms with Gasteiger partial charge in [-0.15, -0.1) is 0 Å². The molecule has 14 heavy (non-hydrogen) atoms. The predicted molar refractivity (Wildman–Crippen MR) is 62.2 cm³/mol. The van der Waals surface area contributed by atoms with Gasteiger partial charge in [0.2, 0.25) is 0 Å². The number of rotatable bonds is 1. The molecule has 0 aliphatic heterocycles. The SMILES string of the molecule is Cc1cccc(-c2nc(Cl)no2)c1I. The average molecular weight is 321 g/mol. The van der Waals surface area contributed by atoms with Crippen LogP contribution in [0.3, 0.4) is 0 Å². The van der Waals surface area contributed by atoms with E-state index >= 15 is 0 Å². The second kappa shape index (κ2) is 3.86. The van der Waals surface area contributed by atoms with Gasteiger partial charge in [-0.2, -0.15) is 4.98 Å². The van der Waals surface area contributed by atoms with Gasteiger partial charge in [0.05, 0.1) is 5.56 Å². The Bertz CT molecular complexity index is 470. The molecule has 0 aliphatic carbocycles. The maximum Gasteiger partial charge on any atom is 0.264 e. The first-order valence-electron chi connectivity index (χ1n) is 3.93. The minimum absolute atomic E-state index is 0.136. The molecule has 2 aromatic rings. The van der Waals surface area contributed by atoms with Gasteiger partial charge in [-0.05, 0) is 57.9 Å². The van der Waals surface area contributed by atoms with Gasteiger partial charge in [0.15, 0.2) is 0 Å². The number of hydrogen-bond acceptors (Lipinski definition) is 3. The third-order valence-electron chi connectivity index (χ3n) is 1.82. The van der Waals surface area contributed by atoms with Crippen LogP contribution in [0.5, 0.6) is 0 Å². The van der Waals surface area contributed by atoms with E-state index in [0.29, 0.717) is 5.89 Å². The van der Waals surface area contributed by atoms with Crippen molar-refractivity contribution in [2.45, 2.75) is 6.92 Å². The van der Waals surface area contributed by atoms with Crippen molar-refractivity contribution in [2.75, 3.05) is 0 Å². The van der Waals surface area contributed by atoms with Crippen LogP contribution in [-0.4, -0.2) is 10.1 Å². The molecule has 2 rings (SSSR count). The Morgan fingerprint density at radius 3 is 2.86 bits per heavy atom. The summed E-state index contributed by atoms with van der Waals surface area (Å²) in [6.45, 7) is 2.03. The molecule has 0 aliphatic rings. The second-order valence-electron chi connectivity index (χ2n) is 2.81. The molecular weight excluding hydrogens is 314 g/mol. The normalized spacial score (nSPS) is 10.5. The van der Waals surface area contributed by atoms with Crippen LogP contribution in [-0.2, 0) is 0 Å². The molecule has 1 aromatic carbocycles. The lowest BCUT2D eigenvalue weighted by Gasteiger charge is -2.01. The van der Waals surface area contributed by atoms with Crippen LogP contribution in [0.25, 0.3) is 11.5 Å². The lowest BCUT2D eigenvalue weighted by atomic mass is 10.1. The van der Waals surface area contributed by atoms with Crippen LogP contribution < -0.4 is 0 Å². The predicted octanol–water partition coefficient (Wildman–Crippen LogP) is 3.30. The monoisotopic (exact) mass is 320 g/mol. The van der Waals surface area contributed by atoms with Crippen molar-refractivity contribution in [1.82, 2.24) is 10.1 Å². The first-order valence-corrected chi connectivity index (χ1v) is 5.39. The van der Waals surface area contributed by atoms with E-state index in [4.69, 9.17) is 16.1 Å². The highest BCUT2D eigenvalue weighted by Crippen LogP contribution is 2.26. The van der Waals surface area contributed by atoms with Crippen LogP contribution in [0.1, 0.15) is 5.56 Å². The van der Waals surface area contributed by atoms with Gasteiger partial charge in [-0.25, -0.2) is 0 Å². The Balaban J connectivity index is 2.57. The summed E-state index contributed by atoms with van der Waals surface area (Å²) in [4.78, 5) is 3.97. The molecule has 1 aromatic heterocycles. The molecule has 0 fully saturated rings. The summed E-state index contributed by atoms with van der Waals surface area (Å²) in [5.74, 6) is 0.461. The molecule has 72 valence electrons. The first kappa shape index (κ1) is 9.92. The Labute approximate surface area is 99.6 Å². The molecule has 0 bridgehead atoms. The molecule has 0 saturated heterocycles. The topological polar surface area (TPSA) is 38.9 Å². The van der Waals surface area contributed by atoms with Crippen LogP contribution in [0, 0.1) is 10.5 Å². The van der Waals surface area contributed by atoms with Crippen molar-refractivity contribution >= 4 is 34.2 Å². The summed E-state index contributed by atoms with van der Waals surface area (Å²) in [5.41, 5.74) is 2.10. The smallest absolute Gasteiger partial charge is 0.264 e. The van der Waals surface area contributed by atoms with Crippen LogP contribution >= 0.6 is 34.2 Å². The number of hydrogen-bond donors (Lipinski definition) is 0. The zero-order valence-electron chi connectivity index (χ0n) is 7.29. The number of halogens is 2. The largest absolute Gasteiger partial charge is 0.333 e. The van der Waals surface area contributed by atoms with Crippen molar-refractivity contribution in [3.63, 3.8) is 0 Å². The molecule has 0 amide bonds. The van der Waals surface area contributed by atoms with Gasteiger partial charge < -0.3 is 4.52 Å². The fourth-order valence-electron chi connectivity index (χ4n) is 1.13. The molecular formula is C9H6ClIN2O. The number of aromatic nitrogens is 2. The van der Waals surface area contributed by atoms with E-state index < -0.39 is 0 Å². The van der Waals surface area contributed by atoms with Crippen molar-refractivity contribution < 1.29 is 4.52 Å². The van der Waals surface area contributed by atoms with Crippen LogP contribution in [0.15, 0.2) is 22.7 Å². The Morgan fingerprint density at radius 1 is 1.43 bits per heavy atom. The molecule has 1 heterocycles. The maximum atomic E-state index is 5.58. The van der Waals surface area contributed by atoms with Crippen LogP contribution in [0.2, 0.25) is 5.28 Å². The molecule has 0 unspecified atom stereocenters. The van der Waals surface area contributed by atoms with E-state index in [0.717, 1.165) is 9.13 Å². The summed E-state index contributed by atoms with van der Waals surface area (Å²) >= 11 is 7.83. The Morgan fingerprint density at radius 2 is 2.21 bits per heavy atom. The van der Waals surface area contributed by atoms with Crippen LogP contribution in [0.4, 0.5) is 0 Å². The number of aryl methyl sites for hydroxylation is 1. The second-order valence-corrected chi connectivity index (χ2v) is 4.22. The van der Waals surface area contributed by atoms with Gasteiger partial charge >= 0.3 is 0 Å². The molecule has 0 N–H and O–H groups in total. The van der Waals surface area contributed by atoms with Gasteiger partial charge in [0.25, 0.3) is 11.2 Å². The summed E-state index contributed by atoms with van der Waals surface area (Å²) in [5, 5.41) is 3.68. The first-order chi connectivity index (χ1) is 6.68. The molecule has 0 spiro atoms. The molecule has 0 atom stereocenters. The van der Waals surface area contributed by atoms with E-state index in [1.54, 1.807) is 0 Å². The van der Waals surface area contributed by atoms with Crippen molar-refractivity contribution in [2.24, 2.45) is 0 Å². The van der Waals surface area contributed by atoms with E-state index in [1.165, 1.54) is 5.56 Å². The van der Waals surface area contributed by atoms with E-state index in [2.05, 4.69) is 32.7 Å². The van der Waals surface area contributed by atoms with Gasteiger partial charge in [-0.3, -0.25) is 0 Å². The average Bonchev–Trinajstić information content (AvgIpc) is 2.57. The fourth-order valence-corrected chi connectivity index (χ4v) is 1.83. The lowest BCUT2D eigenvalue weighted by Crippen LogP contribution is -1.86. The molecule has 0 radical (unpaired) electrons. The number of benzene rings is 1. The summed E-state index contributed by atoms with van der Waals surface area (Å²) < 4.78 is 6.09. The van der Waals surface area contributed by atoms with Gasteiger partial charge in [0.1, 0.15) is 0 Å². The standard InChI is InChI=1S/C9H6ClIN2O/c1-5-3-2-4-6(7(5)11)8-12-9(10)13-14-8/h2-4H,1H3. The van der Waals surface area contributed by atoms with Gasteiger partial charge in [-0.1, -0.05) is 12.1 Å². The number of nitrogens with zero attached hydrogens (tertiary/aromatic N) is 2. The summed E-state index contributed by atoms with van der Waals surface area (Å²) in [7, 11) is 0. The van der Waals surface area contributed by atoms with E-state index in [9.17, 15) is 0 Å². The van der Waals surface area contributed by atoms with Crippen molar-refractivity contribution in [1.29, 1.82) is 0 Å². The highest BCUT2D eigenvalue weighted by atomic mass is 127. The highest BCUT2D eigenvalue weighted by molar-refractivity contribution is 14.1. The van der Waals surface area contributed by atoms with Crippen molar-refractivity contribution in [3.8, 4) is 11.5 Å². The minimum Gasteiger partial charge on any atom is -0.333 e. The van der Waals surface area contributed by atoms with E-state index in [1.807, 2.05) is 25.1 Å². The minimum atomic E-state index is 0.136. The fraction of sp³-hybridized carbons (Fsp3) is 0.111. The van der Waals surface area contributed by atoms with Gasteiger partial charge in [0, 0.05) is 3.57 Å². The Kier molecular flexibility index (Phi) is 2.73. The zero-order chi connectivity index (χ0) is 10.1. The third-order valence-corrected chi connectivity index (χ3v) is 3.41. The third kappa shape index (κ3) is 1.76. The summed E-state index contributed by atoms with van der Waals surface area (Å²) in [6, 6.07) is 5.91. The highest BCUT2D eigenvalue weighted by Gasteiger charge is 2.11. The lowest BCUT2D eigenvalue weighted by molar-refractivity contribution is 0.430. The quantitative estimate of drug-likeness (QED) is 0.757. The molecule has 3 nitrogen and oxygen atoms in total. The summed E-state index contributed by atoms with van der Waals surface area (Å²) in [6.07, 6.45) is 0. The maximum absolute atomic E-state index is 5.58. The zero-order valence-corrected chi connectivity index (χ0v) is 10.2. The molecule has 0 saturated carbocycles. The molecule has 5 heteroatoms. The van der Waals surface area contributed by atoms with Crippen molar-refractivity contribution in [3.05, 3.63) is 32.6 Å². The Hall–Kier alpha value is -0.620. The van der Waals surface area contributed by atoms with E-state index in [-0.39, 0.29) is 5.28 Å².